The van der Waals surface area contributed by atoms with Crippen LogP contribution in [-0.2, 0) is 0 Å². The molecule has 0 atom stereocenters. The summed E-state index contributed by atoms with van der Waals surface area (Å²) in [6, 6.07) is 3.76. The normalized spacial score (nSPS) is 9.67. The van der Waals surface area contributed by atoms with E-state index in [0.29, 0.717) is 10.0 Å². The molecular weight excluding hydrogens is 229 g/mol. The number of fused-ring (bicyclic) bond motifs is 1. The summed E-state index contributed by atoms with van der Waals surface area (Å²) < 4.78 is 0. The van der Waals surface area contributed by atoms with E-state index in [1.165, 1.54) is 0 Å². The van der Waals surface area contributed by atoms with Crippen molar-refractivity contribution in [2.45, 2.75) is 20.8 Å². The number of rotatable bonds is 0. The van der Waals surface area contributed by atoms with Crippen LogP contribution in [-0.4, -0.2) is 4.98 Å². The summed E-state index contributed by atoms with van der Waals surface area (Å²) in [6.07, 6.45) is 3.54. The van der Waals surface area contributed by atoms with Crippen LogP contribution in [0.1, 0.15) is 19.4 Å². The number of aryl methyl sites for hydroxylation is 1. The van der Waals surface area contributed by atoms with Crippen molar-refractivity contribution in [2.75, 3.05) is 0 Å². The van der Waals surface area contributed by atoms with Gasteiger partial charge in [-0.25, -0.2) is 0 Å². The molecule has 80 valence electrons. The second-order valence-electron chi connectivity index (χ2n) is 2.91. The van der Waals surface area contributed by atoms with Crippen molar-refractivity contribution < 1.29 is 0 Å². The minimum Gasteiger partial charge on any atom is -0.264 e. The molecular formula is C12H13Cl2N. The predicted octanol–water partition coefficient (Wildman–Crippen LogP) is 4.88. The summed E-state index contributed by atoms with van der Waals surface area (Å²) in [4.78, 5) is 4.07. The first-order chi connectivity index (χ1) is 7.20. The highest BCUT2D eigenvalue weighted by molar-refractivity contribution is 6.45. The van der Waals surface area contributed by atoms with Gasteiger partial charge in [0.25, 0.3) is 0 Å². The van der Waals surface area contributed by atoms with E-state index in [4.69, 9.17) is 23.2 Å². The molecule has 0 spiro atoms. The van der Waals surface area contributed by atoms with Crippen LogP contribution in [0.4, 0.5) is 0 Å². The highest BCUT2D eigenvalue weighted by atomic mass is 35.5. The van der Waals surface area contributed by atoms with Gasteiger partial charge in [0.05, 0.1) is 10.0 Å². The van der Waals surface area contributed by atoms with Crippen LogP contribution < -0.4 is 0 Å². The average Bonchev–Trinajstić information content (AvgIpc) is 2.27. The van der Waals surface area contributed by atoms with Gasteiger partial charge in [0, 0.05) is 17.8 Å². The average molecular weight is 242 g/mol. The maximum Gasteiger partial charge on any atom is 0.0686 e. The number of hydrogen-bond acceptors (Lipinski definition) is 1. The lowest BCUT2D eigenvalue weighted by atomic mass is 10.1. The smallest absolute Gasteiger partial charge is 0.0686 e. The molecule has 0 unspecified atom stereocenters. The van der Waals surface area contributed by atoms with Gasteiger partial charge in [-0.1, -0.05) is 43.1 Å². The largest absolute Gasteiger partial charge is 0.264 e. The van der Waals surface area contributed by atoms with Crippen LogP contribution >= 0.6 is 23.2 Å². The SMILES string of the molecule is CC.Cc1cncc2c(Cl)c(Cl)ccc12. The minimum absolute atomic E-state index is 0.571. The van der Waals surface area contributed by atoms with Gasteiger partial charge in [-0.05, 0) is 23.9 Å². The Hall–Kier alpha value is -0.790. The van der Waals surface area contributed by atoms with Crippen molar-refractivity contribution in [2.24, 2.45) is 0 Å². The van der Waals surface area contributed by atoms with E-state index < -0.39 is 0 Å². The van der Waals surface area contributed by atoms with Crippen molar-refractivity contribution in [1.29, 1.82) is 0 Å². The van der Waals surface area contributed by atoms with Crippen LogP contribution in [0.5, 0.6) is 0 Å². The van der Waals surface area contributed by atoms with Gasteiger partial charge >= 0.3 is 0 Å². The third-order valence-corrected chi connectivity index (χ3v) is 2.85. The molecule has 0 bridgehead atoms. The molecule has 0 aliphatic rings. The van der Waals surface area contributed by atoms with Crippen LogP contribution in [0.25, 0.3) is 10.8 Å². The standard InChI is InChI=1S/C10H7Cl2N.C2H6/c1-6-4-13-5-8-7(6)2-3-9(11)10(8)12;1-2/h2-5H,1H3;1-2H3. The number of nitrogens with zero attached hydrogens (tertiary/aromatic N) is 1. The lowest BCUT2D eigenvalue weighted by Crippen LogP contribution is -1.82. The van der Waals surface area contributed by atoms with Gasteiger partial charge in [0.15, 0.2) is 0 Å². The molecule has 0 fully saturated rings. The lowest BCUT2D eigenvalue weighted by molar-refractivity contribution is 1.31. The Bertz CT molecular complexity index is 466. The Kier molecular flexibility index (Phi) is 4.37. The maximum atomic E-state index is 6.03. The number of aromatic nitrogens is 1. The molecule has 0 aliphatic heterocycles. The first-order valence-corrected chi connectivity index (χ1v) is 5.64. The summed E-state index contributed by atoms with van der Waals surface area (Å²) in [5, 5.41) is 3.16. The molecule has 1 heterocycles. The molecule has 0 amide bonds. The molecule has 1 aromatic carbocycles. The van der Waals surface area contributed by atoms with Crippen molar-refractivity contribution in [3.05, 3.63) is 40.1 Å². The van der Waals surface area contributed by atoms with Gasteiger partial charge < -0.3 is 0 Å². The number of hydrogen-bond donors (Lipinski definition) is 0. The molecule has 1 aromatic heterocycles. The zero-order valence-corrected chi connectivity index (χ0v) is 10.5. The van der Waals surface area contributed by atoms with Crippen LogP contribution in [0.15, 0.2) is 24.5 Å². The summed E-state index contributed by atoms with van der Waals surface area (Å²) >= 11 is 11.9. The van der Waals surface area contributed by atoms with E-state index in [-0.39, 0.29) is 0 Å². The van der Waals surface area contributed by atoms with Crippen LogP contribution in [0.3, 0.4) is 0 Å². The Morgan fingerprint density at radius 1 is 1.00 bits per heavy atom. The van der Waals surface area contributed by atoms with Crippen molar-refractivity contribution in [3.63, 3.8) is 0 Å². The molecule has 0 N–H and O–H groups in total. The van der Waals surface area contributed by atoms with Gasteiger partial charge in [-0.15, -0.1) is 0 Å². The Morgan fingerprint density at radius 3 is 2.33 bits per heavy atom. The monoisotopic (exact) mass is 241 g/mol. The summed E-state index contributed by atoms with van der Waals surface area (Å²) in [6.45, 7) is 6.00. The topological polar surface area (TPSA) is 12.9 Å². The highest BCUT2D eigenvalue weighted by Gasteiger charge is 2.04. The van der Waals surface area contributed by atoms with Crippen molar-refractivity contribution >= 4 is 34.0 Å². The molecule has 0 radical (unpaired) electrons. The summed E-state index contributed by atoms with van der Waals surface area (Å²) in [7, 11) is 0. The third-order valence-electron chi connectivity index (χ3n) is 2.03. The summed E-state index contributed by atoms with van der Waals surface area (Å²) in [5.41, 5.74) is 1.11. The van der Waals surface area contributed by atoms with E-state index in [1.807, 2.05) is 33.0 Å². The minimum atomic E-state index is 0.571. The molecule has 15 heavy (non-hydrogen) atoms. The quantitative estimate of drug-likeness (QED) is 0.641. The summed E-state index contributed by atoms with van der Waals surface area (Å²) in [5.74, 6) is 0. The molecule has 1 nitrogen and oxygen atoms in total. The Labute approximate surface area is 100 Å². The lowest BCUT2D eigenvalue weighted by Gasteiger charge is -2.03. The molecule has 0 saturated heterocycles. The molecule has 2 rings (SSSR count). The van der Waals surface area contributed by atoms with Crippen molar-refractivity contribution in [3.8, 4) is 0 Å². The third kappa shape index (κ3) is 2.42. The molecule has 2 aromatic rings. The first-order valence-electron chi connectivity index (χ1n) is 4.88. The maximum absolute atomic E-state index is 6.03. The first kappa shape index (κ1) is 12.3. The van der Waals surface area contributed by atoms with E-state index in [1.54, 1.807) is 12.3 Å². The second-order valence-corrected chi connectivity index (χ2v) is 3.70. The molecule has 3 heteroatoms. The Balaban J connectivity index is 0.000000531. The van der Waals surface area contributed by atoms with E-state index in [9.17, 15) is 0 Å². The molecule has 0 aliphatic carbocycles. The predicted molar refractivity (Wildman–Crippen MR) is 67.8 cm³/mol. The van der Waals surface area contributed by atoms with Crippen LogP contribution in [0.2, 0.25) is 10.0 Å². The number of pyridine rings is 1. The van der Waals surface area contributed by atoms with E-state index in [0.717, 1.165) is 16.3 Å². The fourth-order valence-corrected chi connectivity index (χ4v) is 1.71. The van der Waals surface area contributed by atoms with Gasteiger partial charge in [0.2, 0.25) is 0 Å². The van der Waals surface area contributed by atoms with Crippen molar-refractivity contribution in [1.82, 2.24) is 4.98 Å². The number of halogens is 2. The van der Waals surface area contributed by atoms with Gasteiger partial charge in [0.1, 0.15) is 0 Å². The van der Waals surface area contributed by atoms with E-state index >= 15 is 0 Å². The fraction of sp³-hybridized carbons (Fsp3) is 0.250. The number of benzene rings is 1. The van der Waals surface area contributed by atoms with Gasteiger partial charge in [-0.2, -0.15) is 0 Å². The Morgan fingerprint density at radius 2 is 1.67 bits per heavy atom. The fourth-order valence-electron chi connectivity index (χ4n) is 1.33. The van der Waals surface area contributed by atoms with Crippen LogP contribution in [0, 0.1) is 6.92 Å². The van der Waals surface area contributed by atoms with Gasteiger partial charge in [-0.3, -0.25) is 4.98 Å². The highest BCUT2D eigenvalue weighted by Crippen LogP contribution is 2.31. The zero-order chi connectivity index (χ0) is 11.4. The molecule has 0 saturated carbocycles. The van der Waals surface area contributed by atoms with E-state index in [2.05, 4.69) is 4.98 Å². The zero-order valence-electron chi connectivity index (χ0n) is 9.01. The second kappa shape index (κ2) is 5.34.